The van der Waals surface area contributed by atoms with Crippen LogP contribution in [-0.2, 0) is 16.1 Å². The first-order valence-corrected chi connectivity index (χ1v) is 7.00. The predicted molar refractivity (Wildman–Crippen MR) is 65.3 cm³/mol. The molecule has 1 aliphatic heterocycles. The molecule has 0 amide bonds. The predicted octanol–water partition coefficient (Wildman–Crippen LogP) is 1.69. The van der Waals surface area contributed by atoms with Gasteiger partial charge in [-0.25, -0.2) is 0 Å². The Morgan fingerprint density at radius 1 is 1.19 bits per heavy atom. The standard InChI is InChI=1S/C13H11AsO2/c15-13(12-8-4-5-9-14-12)16-10-11-6-2-1-3-7-11/h1-9H,10H2. The van der Waals surface area contributed by atoms with Crippen molar-refractivity contribution in [3.8, 4) is 0 Å². The number of ether oxygens (including phenoxy) is 1. The zero-order valence-electron chi connectivity index (χ0n) is 8.67. The van der Waals surface area contributed by atoms with E-state index in [-0.39, 0.29) is 21.3 Å². The van der Waals surface area contributed by atoms with Crippen molar-refractivity contribution in [2.45, 2.75) is 6.61 Å². The molecule has 0 saturated carbocycles. The van der Waals surface area contributed by atoms with Crippen LogP contribution in [0, 0.1) is 0 Å². The van der Waals surface area contributed by atoms with E-state index >= 15 is 0 Å². The molecule has 0 atom stereocenters. The summed E-state index contributed by atoms with van der Waals surface area (Å²) in [4.78, 5) is 13.7. The van der Waals surface area contributed by atoms with Crippen LogP contribution in [0.2, 0.25) is 0 Å². The summed E-state index contributed by atoms with van der Waals surface area (Å²) in [6.45, 7) is 0.349. The third-order valence-electron chi connectivity index (χ3n) is 2.09. The van der Waals surface area contributed by atoms with Gasteiger partial charge in [0.2, 0.25) is 0 Å². The molecule has 0 bridgehead atoms. The van der Waals surface area contributed by atoms with Crippen molar-refractivity contribution in [1.82, 2.24) is 0 Å². The normalized spacial score (nSPS) is 14.4. The van der Waals surface area contributed by atoms with Crippen LogP contribution in [0.15, 0.2) is 53.4 Å². The Bertz CT molecular complexity index is 458. The molecule has 0 N–H and O–H groups in total. The Hall–Kier alpha value is -1.40. The molecule has 1 aromatic carbocycles. The Balaban J connectivity index is 1.92. The molecule has 0 aliphatic carbocycles. The SMILES string of the molecule is O=C(OCc1ccccc1)C1=[As]C=CC=C1. The van der Waals surface area contributed by atoms with Crippen LogP contribution >= 0.6 is 0 Å². The number of hydrogen-bond acceptors (Lipinski definition) is 2. The van der Waals surface area contributed by atoms with Gasteiger partial charge < -0.3 is 0 Å². The Morgan fingerprint density at radius 2 is 2.00 bits per heavy atom. The van der Waals surface area contributed by atoms with E-state index in [4.69, 9.17) is 4.74 Å². The molecule has 0 aromatic heterocycles. The van der Waals surface area contributed by atoms with Gasteiger partial charge in [0.1, 0.15) is 0 Å². The number of carbonyl (C=O) groups excluding carboxylic acids is 1. The molecule has 0 spiro atoms. The van der Waals surface area contributed by atoms with Crippen LogP contribution in [0.4, 0.5) is 0 Å². The molecule has 1 heterocycles. The number of benzene rings is 1. The summed E-state index contributed by atoms with van der Waals surface area (Å²) in [7, 11) is 0. The zero-order chi connectivity index (χ0) is 11.2. The molecule has 2 rings (SSSR count). The molecule has 16 heavy (non-hydrogen) atoms. The van der Waals surface area contributed by atoms with Crippen molar-refractivity contribution < 1.29 is 9.53 Å². The molecule has 0 radical (unpaired) electrons. The molecular formula is C13H11AsO2. The Labute approximate surface area is 101 Å². The van der Waals surface area contributed by atoms with Crippen molar-refractivity contribution in [3.05, 3.63) is 59.0 Å². The maximum atomic E-state index is 11.7. The summed E-state index contributed by atoms with van der Waals surface area (Å²) in [6.07, 6.45) is 5.68. The fourth-order valence-electron chi connectivity index (χ4n) is 1.28. The summed E-state index contributed by atoms with van der Waals surface area (Å²) in [5, 5.41) is 0. The van der Waals surface area contributed by atoms with Gasteiger partial charge in [0.05, 0.1) is 0 Å². The van der Waals surface area contributed by atoms with Crippen molar-refractivity contribution in [3.63, 3.8) is 0 Å². The van der Waals surface area contributed by atoms with Gasteiger partial charge in [-0.3, -0.25) is 0 Å². The number of esters is 1. The van der Waals surface area contributed by atoms with E-state index in [1.165, 1.54) is 0 Å². The number of allylic oxidation sites excluding steroid dienone is 2. The molecule has 1 aliphatic rings. The van der Waals surface area contributed by atoms with Crippen LogP contribution in [0.1, 0.15) is 5.56 Å². The van der Waals surface area contributed by atoms with Crippen molar-refractivity contribution >= 4 is 25.6 Å². The zero-order valence-corrected chi connectivity index (χ0v) is 10.5. The van der Waals surface area contributed by atoms with Gasteiger partial charge in [0.15, 0.2) is 0 Å². The molecular weight excluding hydrogens is 263 g/mol. The number of hydrogen-bond donors (Lipinski definition) is 0. The molecule has 2 nitrogen and oxygen atoms in total. The van der Waals surface area contributed by atoms with Crippen molar-refractivity contribution in [1.29, 1.82) is 0 Å². The fraction of sp³-hybridized carbons (Fsp3) is 0.0769. The van der Waals surface area contributed by atoms with E-state index in [9.17, 15) is 4.79 Å². The molecule has 1 aromatic rings. The van der Waals surface area contributed by atoms with Gasteiger partial charge in [-0.15, -0.1) is 0 Å². The fourth-order valence-corrected chi connectivity index (χ4v) is 2.72. The van der Waals surface area contributed by atoms with Gasteiger partial charge in [-0.1, -0.05) is 0 Å². The van der Waals surface area contributed by atoms with Crippen LogP contribution in [0.5, 0.6) is 0 Å². The average Bonchev–Trinajstić information content (AvgIpc) is 2.38. The summed E-state index contributed by atoms with van der Waals surface area (Å²) in [5.74, 6) is -0.190. The molecule has 0 unspecified atom stereocenters. The van der Waals surface area contributed by atoms with E-state index in [0.717, 1.165) is 9.87 Å². The van der Waals surface area contributed by atoms with Crippen molar-refractivity contribution in [2.75, 3.05) is 0 Å². The first-order valence-electron chi connectivity index (χ1n) is 4.98. The third kappa shape index (κ3) is 3.04. The monoisotopic (exact) mass is 274 g/mol. The minimum absolute atomic E-state index is 0.158. The second-order valence-electron chi connectivity index (χ2n) is 3.28. The minimum atomic E-state index is -0.190. The van der Waals surface area contributed by atoms with E-state index in [2.05, 4.69) is 0 Å². The van der Waals surface area contributed by atoms with Crippen molar-refractivity contribution in [2.24, 2.45) is 0 Å². The van der Waals surface area contributed by atoms with Crippen LogP contribution in [0.3, 0.4) is 0 Å². The van der Waals surface area contributed by atoms with Gasteiger partial charge in [-0.2, -0.15) is 0 Å². The van der Waals surface area contributed by atoms with E-state index < -0.39 is 0 Å². The summed E-state index contributed by atoms with van der Waals surface area (Å²) in [6, 6.07) is 9.71. The summed E-state index contributed by atoms with van der Waals surface area (Å²) < 4.78 is 6.03. The molecule has 0 fully saturated rings. The van der Waals surface area contributed by atoms with E-state index in [1.807, 2.05) is 53.4 Å². The first-order chi connectivity index (χ1) is 7.86. The van der Waals surface area contributed by atoms with Gasteiger partial charge >= 0.3 is 101 Å². The van der Waals surface area contributed by atoms with E-state index in [1.54, 1.807) is 0 Å². The van der Waals surface area contributed by atoms with Gasteiger partial charge in [-0.05, 0) is 0 Å². The third-order valence-corrected chi connectivity index (χ3v) is 4.04. The Morgan fingerprint density at radius 3 is 2.69 bits per heavy atom. The van der Waals surface area contributed by atoms with Crippen LogP contribution in [-0.4, -0.2) is 25.6 Å². The van der Waals surface area contributed by atoms with Crippen LogP contribution in [0.25, 0.3) is 0 Å². The molecule has 3 heteroatoms. The second-order valence-corrected chi connectivity index (χ2v) is 5.45. The van der Waals surface area contributed by atoms with E-state index in [0.29, 0.717) is 6.61 Å². The van der Waals surface area contributed by atoms with Gasteiger partial charge in [0, 0.05) is 0 Å². The maximum absolute atomic E-state index is 11.7. The summed E-state index contributed by atoms with van der Waals surface area (Å²) in [5.41, 5.74) is 1.02. The first kappa shape index (κ1) is 11.1. The second kappa shape index (κ2) is 5.62. The number of rotatable bonds is 3. The quantitative estimate of drug-likeness (QED) is 0.619. The van der Waals surface area contributed by atoms with Crippen LogP contribution < -0.4 is 0 Å². The molecule has 0 saturated heterocycles. The molecule has 80 valence electrons. The Kier molecular flexibility index (Phi) is 3.90. The topological polar surface area (TPSA) is 26.3 Å². The number of carbonyl (C=O) groups is 1. The summed E-state index contributed by atoms with van der Waals surface area (Å²) >= 11 is -0.158. The van der Waals surface area contributed by atoms with Gasteiger partial charge in [0.25, 0.3) is 0 Å². The average molecular weight is 274 g/mol.